The molecule has 2 aromatic rings. The number of nitrogens with two attached hydrogens (primary N) is 1. The van der Waals surface area contributed by atoms with Crippen LogP contribution in [0.25, 0.3) is 0 Å². The molecule has 100 valence electrons. The first-order valence-corrected chi connectivity index (χ1v) is 6.73. The van der Waals surface area contributed by atoms with Crippen molar-refractivity contribution in [3.05, 3.63) is 69.2 Å². The molecular weight excluding hydrogens is 312 g/mol. The smallest absolute Gasteiger partial charge is 0.173 e. The first kappa shape index (κ1) is 14.2. The lowest BCUT2D eigenvalue weighted by Gasteiger charge is -2.15. The van der Waals surface area contributed by atoms with Crippen LogP contribution in [0.15, 0.2) is 40.9 Å². The second-order valence-corrected chi connectivity index (χ2v) is 5.36. The van der Waals surface area contributed by atoms with Gasteiger partial charge < -0.3 is 5.73 Å². The van der Waals surface area contributed by atoms with Gasteiger partial charge in [-0.05, 0) is 46.5 Å². The van der Waals surface area contributed by atoms with E-state index in [0.717, 1.165) is 17.2 Å². The Morgan fingerprint density at radius 3 is 2.63 bits per heavy atom. The van der Waals surface area contributed by atoms with Gasteiger partial charge in [-0.25, -0.2) is 8.78 Å². The van der Waals surface area contributed by atoms with Crippen molar-refractivity contribution in [2.24, 2.45) is 5.73 Å². The zero-order valence-corrected chi connectivity index (χ0v) is 12.0. The zero-order valence-electron chi connectivity index (χ0n) is 10.5. The van der Waals surface area contributed by atoms with Crippen molar-refractivity contribution in [2.45, 2.75) is 19.4 Å². The number of hydrogen-bond donors (Lipinski definition) is 1. The molecule has 1 nitrogen and oxygen atoms in total. The summed E-state index contributed by atoms with van der Waals surface area (Å²) in [6.45, 7) is 2.00. The molecule has 2 N–H and O–H groups in total. The second kappa shape index (κ2) is 5.80. The molecule has 0 saturated heterocycles. The van der Waals surface area contributed by atoms with Crippen LogP contribution in [0.3, 0.4) is 0 Å². The van der Waals surface area contributed by atoms with Gasteiger partial charge in [0.15, 0.2) is 11.6 Å². The number of halogens is 3. The molecule has 0 heterocycles. The molecule has 2 rings (SSSR count). The van der Waals surface area contributed by atoms with Gasteiger partial charge in [0.05, 0.1) is 4.47 Å². The third-order valence-corrected chi connectivity index (χ3v) is 3.81. The largest absolute Gasteiger partial charge is 0.324 e. The highest BCUT2D eigenvalue weighted by Gasteiger charge is 2.16. The van der Waals surface area contributed by atoms with Gasteiger partial charge in [0.2, 0.25) is 0 Å². The van der Waals surface area contributed by atoms with Gasteiger partial charge in [-0.3, -0.25) is 0 Å². The monoisotopic (exact) mass is 325 g/mol. The second-order valence-electron chi connectivity index (χ2n) is 4.56. The SMILES string of the molecule is Cc1cccc(CC(N)c2ccc(F)c(F)c2Br)c1. The Kier molecular flexibility index (Phi) is 4.32. The van der Waals surface area contributed by atoms with Crippen molar-refractivity contribution >= 4 is 15.9 Å². The summed E-state index contributed by atoms with van der Waals surface area (Å²) < 4.78 is 26.6. The maximum absolute atomic E-state index is 13.5. The van der Waals surface area contributed by atoms with Crippen molar-refractivity contribution in [1.29, 1.82) is 0 Å². The molecular formula is C15H14BrF2N. The summed E-state index contributed by atoms with van der Waals surface area (Å²) in [5.41, 5.74) is 8.87. The molecule has 2 aromatic carbocycles. The molecule has 0 bridgehead atoms. The predicted octanol–water partition coefficient (Wildman–Crippen LogP) is 4.28. The highest BCUT2D eigenvalue weighted by Crippen LogP contribution is 2.28. The lowest BCUT2D eigenvalue weighted by molar-refractivity contribution is 0.500. The maximum Gasteiger partial charge on any atom is 0.173 e. The minimum atomic E-state index is -0.891. The number of aryl methyl sites for hydroxylation is 1. The van der Waals surface area contributed by atoms with Crippen LogP contribution in [-0.4, -0.2) is 0 Å². The van der Waals surface area contributed by atoms with E-state index in [2.05, 4.69) is 15.9 Å². The standard InChI is InChI=1S/C15H14BrF2N/c1-9-3-2-4-10(7-9)8-13(19)11-5-6-12(17)15(18)14(11)16/h2-7,13H,8,19H2,1H3. The molecule has 1 atom stereocenters. The summed E-state index contributed by atoms with van der Waals surface area (Å²) in [5.74, 6) is -1.77. The fourth-order valence-electron chi connectivity index (χ4n) is 2.03. The minimum absolute atomic E-state index is 0.104. The van der Waals surface area contributed by atoms with Crippen LogP contribution in [0, 0.1) is 18.6 Å². The fraction of sp³-hybridized carbons (Fsp3) is 0.200. The van der Waals surface area contributed by atoms with Crippen molar-refractivity contribution in [2.75, 3.05) is 0 Å². The molecule has 0 saturated carbocycles. The molecule has 0 aliphatic heterocycles. The number of benzene rings is 2. The summed E-state index contributed by atoms with van der Waals surface area (Å²) >= 11 is 3.06. The van der Waals surface area contributed by atoms with E-state index in [-0.39, 0.29) is 10.5 Å². The van der Waals surface area contributed by atoms with Gasteiger partial charge in [-0.2, -0.15) is 0 Å². The van der Waals surface area contributed by atoms with Crippen molar-refractivity contribution in [3.63, 3.8) is 0 Å². The van der Waals surface area contributed by atoms with Gasteiger partial charge in [0.1, 0.15) is 0 Å². The van der Waals surface area contributed by atoms with E-state index in [4.69, 9.17) is 5.73 Å². The van der Waals surface area contributed by atoms with Crippen molar-refractivity contribution in [1.82, 2.24) is 0 Å². The molecule has 19 heavy (non-hydrogen) atoms. The Morgan fingerprint density at radius 1 is 1.21 bits per heavy atom. The van der Waals surface area contributed by atoms with E-state index in [1.54, 1.807) is 0 Å². The third kappa shape index (κ3) is 3.19. The van der Waals surface area contributed by atoms with E-state index in [1.807, 2.05) is 31.2 Å². The molecule has 0 amide bonds. The average molecular weight is 326 g/mol. The lowest BCUT2D eigenvalue weighted by Crippen LogP contribution is -2.15. The highest BCUT2D eigenvalue weighted by atomic mass is 79.9. The van der Waals surface area contributed by atoms with Crippen LogP contribution in [0.4, 0.5) is 8.78 Å². The van der Waals surface area contributed by atoms with Gasteiger partial charge in [-0.15, -0.1) is 0 Å². The lowest BCUT2D eigenvalue weighted by atomic mass is 9.98. The third-order valence-electron chi connectivity index (χ3n) is 3.00. The average Bonchev–Trinajstić information content (AvgIpc) is 2.36. The molecule has 0 fully saturated rings. The summed E-state index contributed by atoms with van der Waals surface area (Å²) in [6, 6.07) is 10.2. The Morgan fingerprint density at radius 2 is 1.95 bits per heavy atom. The molecule has 1 unspecified atom stereocenters. The summed E-state index contributed by atoms with van der Waals surface area (Å²) in [4.78, 5) is 0. The van der Waals surface area contributed by atoms with E-state index >= 15 is 0 Å². The number of hydrogen-bond acceptors (Lipinski definition) is 1. The fourth-order valence-corrected chi connectivity index (χ4v) is 2.65. The van der Waals surface area contributed by atoms with E-state index in [9.17, 15) is 8.78 Å². The van der Waals surface area contributed by atoms with Gasteiger partial charge in [-0.1, -0.05) is 35.9 Å². The van der Waals surface area contributed by atoms with Crippen LogP contribution in [0.1, 0.15) is 22.7 Å². The Labute approximate surface area is 119 Å². The summed E-state index contributed by atoms with van der Waals surface area (Å²) in [5, 5.41) is 0. The minimum Gasteiger partial charge on any atom is -0.324 e. The molecule has 0 spiro atoms. The van der Waals surface area contributed by atoms with Gasteiger partial charge in [0, 0.05) is 6.04 Å². The van der Waals surface area contributed by atoms with E-state index in [0.29, 0.717) is 12.0 Å². The summed E-state index contributed by atoms with van der Waals surface area (Å²) in [6.07, 6.45) is 0.575. The number of rotatable bonds is 3. The van der Waals surface area contributed by atoms with Crippen LogP contribution in [0.2, 0.25) is 0 Å². The first-order chi connectivity index (χ1) is 8.99. The maximum atomic E-state index is 13.5. The Hall–Kier alpha value is -1.26. The zero-order chi connectivity index (χ0) is 14.0. The van der Waals surface area contributed by atoms with E-state index < -0.39 is 11.6 Å². The molecule has 0 aliphatic rings. The molecule has 0 radical (unpaired) electrons. The quantitative estimate of drug-likeness (QED) is 0.837. The van der Waals surface area contributed by atoms with Crippen LogP contribution in [0.5, 0.6) is 0 Å². The normalized spacial score (nSPS) is 12.5. The van der Waals surface area contributed by atoms with E-state index in [1.165, 1.54) is 6.07 Å². The van der Waals surface area contributed by atoms with Crippen molar-refractivity contribution in [3.8, 4) is 0 Å². The van der Waals surface area contributed by atoms with Gasteiger partial charge >= 0.3 is 0 Å². The molecule has 0 aromatic heterocycles. The highest BCUT2D eigenvalue weighted by molar-refractivity contribution is 9.10. The van der Waals surface area contributed by atoms with Gasteiger partial charge in [0.25, 0.3) is 0 Å². The Bertz CT molecular complexity index is 599. The predicted molar refractivity (Wildman–Crippen MR) is 75.9 cm³/mol. The van der Waals surface area contributed by atoms with Crippen LogP contribution >= 0.6 is 15.9 Å². The van der Waals surface area contributed by atoms with Crippen molar-refractivity contribution < 1.29 is 8.78 Å². The summed E-state index contributed by atoms with van der Waals surface area (Å²) in [7, 11) is 0. The van der Waals surface area contributed by atoms with Crippen LogP contribution in [-0.2, 0) is 6.42 Å². The molecule has 4 heteroatoms. The van der Waals surface area contributed by atoms with Crippen LogP contribution < -0.4 is 5.73 Å². The first-order valence-electron chi connectivity index (χ1n) is 5.93. The Balaban J connectivity index is 2.25. The molecule has 0 aliphatic carbocycles. The topological polar surface area (TPSA) is 26.0 Å².